The summed E-state index contributed by atoms with van der Waals surface area (Å²) in [4.78, 5) is 10.9. The van der Waals surface area contributed by atoms with Gasteiger partial charge in [0.05, 0.1) is 12.5 Å². The van der Waals surface area contributed by atoms with Crippen LogP contribution in [0.4, 0.5) is 18.9 Å². The Morgan fingerprint density at radius 2 is 1.84 bits per heavy atom. The number of carbonyl (C=O) groups excluding carboxylic acids is 1. The topological polar surface area (TPSA) is 88.8 Å². The Morgan fingerprint density at radius 3 is 2.32 bits per heavy atom. The summed E-state index contributed by atoms with van der Waals surface area (Å²) in [7, 11) is -4.59. The largest absolute Gasteiger partial charge is 1.00 e. The second kappa shape index (κ2) is 5.58. The summed E-state index contributed by atoms with van der Waals surface area (Å²) in [6.45, 7) is -0.935. The Balaban J connectivity index is 0.00000180. The zero-order valence-electron chi connectivity index (χ0n) is 9.39. The van der Waals surface area contributed by atoms with Crippen LogP contribution in [0.1, 0.15) is 0 Å². The van der Waals surface area contributed by atoms with E-state index in [-0.39, 0.29) is 61.8 Å². The van der Waals surface area contributed by atoms with E-state index >= 15 is 0 Å². The molecule has 1 N–H and O–H groups in total. The summed E-state index contributed by atoms with van der Waals surface area (Å²) in [5.74, 6) is -7.60. The molecule has 0 unspecified atom stereocenters. The van der Waals surface area contributed by atoms with Gasteiger partial charge >= 0.3 is 51.4 Å². The molecule has 0 aromatic heterocycles. The van der Waals surface area contributed by atoms with Gasteiger partial charge in [0.1, 0.15) is 5.69 Å². The molecule has 0 bridgehead atoms. The number of hydrogen-bond donors (Lipinski definition) is 1. The molecule has 1 aromatic carbocycles. The molecule has 0 aliphatic carbocycles. The third kappa shape index (κ3) is 2.90. The molecule has 0 spiro atoms. The second-order valence-corrected chi connectivity index (χ2v) is 4.84. The number of amides is 1. The Hall–Kier alpha value is -0.334. The molecule has 1 saturated heterocycles. The Labute approximate surface area is 148 Å². The van der Waals surface area contributed by atoms with Gasteiger partial charge in [0.25, 0.3) is 0 Å². The fourth-order valence-electron chi connectivity index (χ4n) is 1.41. The van der Waals surface area contributed by atoms with Gasteiger partial charge in [-0.2, -0.15) is 0 Å². The summed E-state index contributed by atoms with van der Waals surface area (Å²) >= 11 is 0. The molecule has 19 heavy (non-hydrogen) atoms. The maximum atomic E-state index is 13.4. The van der Waals surface area contributed by atoms with Crippen molar-refractivity contribution in [2.24, 2.45) is 0 Å². The quantitative estimate of drug-likeness (QED) is 0.469. The minimum Gasteiger partial charge on any atom is -0.526 e. The summed E-state index contributed by atoms with van der Waals surface area (Å²) in [5.41, 5.74) is -1.28. The maximum absolute atomic E-state index is 13.4. The fraction of sp³-hybridized carbons (Fsp3) is 0.125. The first-order valence-electron chi connectivity index (χ1n) is 4.39. The van der Waals surface area contributed by atoms with Crippen molar-refractivity contribution in [2.75, 3.05) is 10.8 Å². The monoisotopic (exact) mass is 320 g/mol. The van der Waals surface area contributed by atoms with Gasteiger partial charge in [-0.15, -0.1) is 0 Å². The number of hydrogen-bond acceptors (Lipinski definition) is 4. The van der Waals surface area contributed by atoms with Crippen LogP contribution in [0.2, 0.25) is 0 Å². The summed E-state index contributed by atoms with van der Waals surface area (Å²) in [5, 5.41) is 9.24. The number of carbonyl (C=O) groups is 1. The van der Waals surface area contributed by atoms with Gasteiger partial charge in [0.2, 0.25) is 0 Å². The minimum atomic E-state index is -4.59. The molecule has 1 fully saturated rings. The smallest absolute Gasteiger partial charge is 0.526 e. The third-order valence-corrected chi connectivity index (χ3v) is 3.45. The Kier molecular flexibility index (Phi) is 4.91. The van der Waals surface area contributed by atoms with Crippen LogP contribution in [0.25, 0.3) is 4.72 Å². The van der Waals surface area contributed by atoms with Crippen LogP contribution in [0, 0.1) is 17.5 Å². The van der Waals surface area contributed by atoms with Crippen molar-refractivity contribution in [1.82, 2.24) is 0 Å². The van der Waals surface area contributed by atoms with Gasteiger partial charge < -0.3 is 14.6 Å². The number of rotatable bonds is 1. The van der Waals surface area contributed by atoms with E-state index in [1.54, 1.807) is 0 Å². The van der Waals surface area contributed by atoms with Gasteiger partial charge in [-0.1, -0.05) is 0 Å². The predicted octanol–water partition coefficient (Wildman–Crippen LogP) is -2.22. The SMILES string of the molecule is O=C1CN(c2c(O)c(F)cc(F)c2F)S(=O)(=O)[N-]1.[K+]. The van der Waals surface area contributed by atoms with E-state index in [9.17, 15) is 31.5 Å². The van der Waals surface area contributed by atoms with Crippen LogP contribution < -0.4 is 55.7 Å². The van der Waals surface area contributed by atoms with E-state index in [1.807, 2.05) is 0 Å². The van der Waals surface area contributed by atoms with E-state index < -0.39 is 51.5 Å². The average molecular weight is 320 g/mol. The van der Waals surface area contributed by atoms with Crippen LogP contribution >= 0.6 is 0 Å². The van der Waals surface area contributed by atoms with Crippen LogP contribution in [-0.4, -0.2) is 26.0 Å². The molecule has 1 heterocycles. The number of benzene rings is 1. The normalized spacial score (nSPS) is 17.0. The number of halogens is 3. The number of aromatic hydroxyl groups is 1. The van der Waals surface area contributed by atoms with Crippen molar-refractivity contribution in [3.8, 4) is 5.75 Å². The molecule has 98 valence electrons. The molecule has 0 radical (unpaired) electrons. The molecule has 2 rings (SSSR count). The van der Waals surface area contributed by atoms with Gasteiger partial charge in [0, 0.05) is 6.07 Å². The van der Waals surface area contributed by atoms with E-state index in [2.05, 4.69) is 4.72 Å². The molecule has 1 amide bonds. The minimum absolute atomic E-state index is 0. The standard InChI is InChI=1S/C8H5F3N2O4S.K/c9-3-1-4(10)8(15)7(6(3)11)13-2-5(14)12-18(13,16)17;/h1H,2H2,(H2,12,14,15);/q;+1/p-1. The molecule has 6 nitrogen and oxygen atoms in total. The van der Waals surface area contributed by atoms with Crippen molar-refractivity contribution in [3.05, 3.63) is 28.2 Å². The Bertz CT molecular complexity index is 626. The van der Waals surface area contributed by atoms with Crippen LogP contribution in [0.5, 0.6) is 5.75 Å². The second-order valence-electron chi connectivity index (χ2n) is 3.32. The first-order chi connectivity index (χ1) is 8.24. The van der Waals surface area contributed by atoms with Crippen molar-refractivity contribution in [3.63, 3.8) is 0 Å². The fourth-order valence-corrected chi connectivity index (χ4v) is 2.49. The van der Waals surface area contributed by atoms with E-state index in [4.69, 9.17) is 0 Å². The van der Waals surface area contributed by atoms with Crippen LogP contribution in [0.3, 0.4) is 0 Å². The van der Waals surface area contributed by atoms with Gasteiger partial charge in [-0.25, -0.2) is 21.6 Å². The molecular weight excluding hydrogens is 316 g/mol. The number of nitrogens with zero attached hydrogens (tertiary/aromatic N) is 2. The molecule has 11 heteroatoms. The van der Waals surface area contributed by atoms with E-state index in [1.165, 1.54) is 0 Å². The van der Waals surface area contributed by atoms with Crippen molar-refractivity contribution in [1.29, 1.82) is 0 Å². The number of phenolic OH excluding ortho intramolecular Hbond substituents is 1. The average Bonchev–Trinajstić information content (AvgIpc) is 2.50. The Morgan fingerprint density at radius 1 is 1.26 bits per heavy atom. The summed E-state index contributed by atoms with van der Waals surface area (Å²) < 4.78 is 64.7. The van der Waals surface area contributed by atoms with Crippen molar-refractivity contribution < 1.29 is 82.9 Å². The van der Waals surface area contributed by atoms with Gasteiger partial charge in [-0.05, 0) is 0 Å². The molecular formula is C8H4F3KN2O4S. The van der Waals surface area contributed by atoms with Crippen LogP contribution in [-0.2, 0) is 15.0 Å². The molecule has 0 saturated carbocycles. The van der Waals surface area contributed by atoms with Crippen LogP contribution in [0.15, 0.2) is 6.07 Å². The number of anilines is 1. The molecule has 1 aromatic rings. The first-order valence-corrected chi connectivity index (χ1v) is 5.78. The van der Waals surface area contributed by atoms with E-state index in [0.717, 1.165) is 0 Å². The molecule has 1 aliphatic rings. The zero-order valence-corrected chi connectivity index (χ0v) is 13.3. The summed E-state index contributed by atoms with van der Waals surface area (Å²) in [6.07, 6.45) is 0. The molecule has 0 atom stereocenters. The van der Waals surface area contributed by atoms with Gasteiger partial charge in [-0.3, -0.25) is 4.31 Å². The number of phenols is 1. The summed E-state index contributed by atoms with van der Waals surface area (Å²) in [6, 6.07) is 0.0514. The molecule has 1 aliphatic heterocycles. The maximum Gasteiger partial charge on any atom is 1.00 e. The zero-order chi connectivity index (χ0) is 13.7. The third-order valence-electron chi connectivity index (χ3n) is 2.15. The predicted molar refractivity (Wildman–Crippen MR) is 52.6 cm³/mol. The van der Waals surface area contributed by atoms with E-state index in [0.29, 0.717) is 0 Å². The van der Waals surface area contributed by atoms with Gasteiger partial charge in [0.15, 0.2) is 33.4 Å². The van der Waals surface area contributed by atoms with Crippen molar-refractivity contribution in [2.45, 2.75) is 0 Å². The first kappa shape index (κ1) is 16.7. The van der Waals surface area contributed by atoms with Crippen molar-refractivity contribution >= 4 is 21.8 Å².